The quantitative estimate of drug-likeness (QED) is 0.843. The Balaban J connectivity index is 2.29. The number of rotatable bonds is 4. The number of benzene rings is 1. The lowest BCUT2D eigenvalue weighted by molar-refractivity contribution is 0.130. The smallest absolute Gasteiger partial charge is 0.0828 e. The molecule has 0 saturated heterocycles. The van der Waals surface area contributed by atoms with Crippen molar-refractivity contribution in [3.05, 3.63) is 34.9 Å². The fourth-order valence-corrected chi connectivity index (χ4v) is 3.73. The molecule has 1 aliphatic rings. The Labute approximate surface area is 118 Å². The number of aliphatic hydroxyl groups excluding tert-OH is 1. The van der Waals surface area contributed by atoms with E-state index in [-0.39, 0.29) is 16.9 Å². The standard InChI is InChI=1S/C18H28O/c1-7-12-9-10-14(11-13(12)8-2)15(19)16-17(3,4)18(16,5)6/h9-11,15-16,19H,7-8H2,1-6H3. The first kappa shape index (κ1) is 14.6. The Morgan fingerprint density at radius 2 is 1.53 bits per heavy atom. The summed E-state index contributed by atoms with van der Waals surface area (Å²) in [4.78, 5) is 0. The summed E-state index contributed by atoms with van der Waals surface area (Å²) in [6, 6.07) is 6.53. The molecule has 0 radical (unpaired) electrons. The first-order valence-electron chi connectivity index (χ1n) is 7.57. The van der Waals surface area contributed by atoms with Crippen molar-refractivity contribution in [2.75, 3.05) is 0 Å². The lowest BCUT2D eigenvalue weighted by Gasteiger charge is -2.16. The van der Waals surface area contributed by atoms with Gasteiger partial charge in [-0.3, -0.25) is 0 Å². The SMILES string of the molecule is CCc1ccc(C(O)C2C(C)(C)C2(C)C)cc1CC. The maximum Gasteiger partial charge on any atom is 0.0828 e. The van der Waals surface area contributed by atoms with Crippen LogP contribution in [0.5, 0.6) is 0 Å². The van der Waals surface area contributed by atoms with Crippen molar-refractivity contribution in [3.63, 3.8) is 0 Å². The summed E-state index contributed by atoms with van der Waals surface area (Å²) in [5.74, 6) is 0.359. The Hall–Kier alpha value is -0.820. The third-order valence-corrected chi connectivity index (χ3v) is 5.78. The van der Waals surface area contributed by atoms with E-state index in [0.717, 1.165) is 18.4 Å². The molecule has 19 heavy (non-hydrogen) atoms. The molecule has 1 N–H and O–H groups in total. The van der Waals surface area contributed by atoms with Crippen molar-refractivity contribution in [2.24, 2.45) is 16.7 Å². The van der Waals surface area contributed by atoms with Gasteiger partial charge in [-0.2, -0.15) is 0 Å². The Kier molecular flexibility index (Phi) is 3.55. The molecule has 0 amide bonds. The van der Waals surface area contributed by atoms with Gasteiger partial charge in [0.05, 0.1) is 6.10 Å². The van der Waals surface area contributed by atoms with Crippen LogP contribution in [0.25, 0.3) is 0 Å². The van der Waals surface area contributed by atoms with Crippen LogP contribution in [0.1, 0.15) is 64.3 Å². The summed E-state index contributed by atoms with van der Waals surface area (Å²) in [5.41, 5.74) is 4.34. The minimum atomic E-state index is -0.332. The molecule has 0 aliphatic heterocycles. The molecule has 1 fully saturated rings. The van der Waals surface area contributed by atoms with Crippen molar-refractivity contribution in [2.45, 2.75) is 60.5 Å². The Bertz CT molecular complexity index is 457. The first-order chi connectivity index (χ1) is 8.77. The first-order valence-corrected chi connectivity index (χ1v) is 7.57. The van der Waals surface area contributed by atoms with Crippen molar-refractivity contribution >= 4 is 0 Å². The molecule has 1 aromatic rings. The summed E-state index contributed by atoms with van der Waals surface area (Å²) in [5, 5.41) is 10.7. The van der Waals surface area contributed by atoms with Crippen LogP contribution in [-0.4, -0.2) is 5.11 Å². The molecule has 2 rings (SSSR count). The van der Waals surface area contributed by atoms with Gasteiger partial charge in [0.1, 0.15) is 0 Å². The van der Waals surface area contributed by atoms with E-state index < -0.39 is 0 Å². The molecule has 1 heteroatoms. The molecule has 1 nitrogen and oxygen atoms in total. The molecule has 0 spiro atoms. The van der Waals surface area contributed by atoms with Gasteiger partial charge in [-0.1, -0.05) is 59.7 Å². The molecular formula is C18H28O. The van der Waals surface area contributed by atoms with Gasteiger partial charge in [0.25, 0.3) is 0 Å². The van der Waals surface area contributed by atoms with Gasteiger partial charge in [-0.05, 0) is 40.4 Å². The second-order valence-corrected chi connectivity index (χ2v) is 7.10. The van der Waals surface area contributed by atoms with Crippen LogP contribution >= 0.6 is 0 Å². The van der Waals surface area contributed by atoms with Gasteiger partial charge in [0, 0.05) is 5.92 Å². The van der Waals surface area contributed by atoms with E-state index >= 15 is 0 Å². The van der Waals surface area contributed by atoms with Gasteiger partial charge in [0.15, 0.2) is 0 Å². The number of aryl methyl sites for hydroxylation is 2. The van der Waals surface area contributed by atoms with Crippen molar-refractivity contribution in [3.8, 4) is 0 Å². The monoisotopic (exact) mass is 260 g/mol. The lowest BCUT2D eigenvalue weighted by Crippen LogP contribution is -2.07. The summed E-state index contributed by atoms with van der Waals surface area (Å²) < 4.78 is 0. The highest BCUT2D eigenvalue weighted by atomic mass is 16.3. The predicted molar refractivity (Wildman–Crippen MR) is 81.2 cm³/mol. The molecule has 0 heterocycles. The zero-order chi connectivity index (χ0) is 14.4. The largest absolute Gasteiger partial charge is 0.388 e. The van der Waals surface area contributed by atoms with Crippen molar-refractivity contribution < 1.29 is 5.11 Å². The number of hydrogen-bond acceptors (Lipinski definition) is 1. The molecule has 0 aromatic heterocycles. The second-order valence-electron chi connectivity index (χ2n) is 7.10. The highest BCUT2D eigenvalue weighted by Crippen LogP contribution is 2.72. The molecule has 1 unspecified atom stereocenters. The van der Waals surface area contributed by atoms with E-state index in [9.17, 15) is 5.11 Å². The van der Waals surface area contributed by atoms with Crippen LogP contribution < -0.4 is 0 Å². The third-order valence-electron chi connectivity index (χ3n) is 5.78. The maximum atomic E-state index is 10.7. The molecule has 106 valence electrons. The average Bonchev–Trinajstić information content (AvgIpc) is 2.78. The fourth-order valence-electron chi connectivity index (χ4n) is 3.73. The Morgan fingerprint density at radius 1 is 1.00 bits per heavy atom. The van der Waals surface area contributed by atoms with Crippen LogP contribution in [0.4, 0.5) is 0 Å². The number of hydrogen-bond donors (Lipinski definition) is 1. The van der Waals surface area contributed by atoms with E-state index in [1.165, 1.54) is 11.1 Å². The maximum absolute atomic E-state index is 10.7. The molecule has 1 saturated carbocycles. The van der Waals surface area contributed by atoms with E-state index in [1.54, 1.807) is 0 Å². The van der Waals surface area contributed by atoms with Crippen LogP contribution in [0.15, 0.2) is 18.2 Å². The highest BCUT2D eigenvalue weighted by molar-refractivity contribution is 5.35. The third kappa shape index (κ3) is 2.12. The topological polar surface area (TPSA) is 20.2 Å². The van der Waals surface area contributed by atoms with Gasteiger partial charge >= 0.3 is 0 Å². The zero-order valence-electron chi connectivity index (χ0n) is 13.2. The van der Waals surface area contributed by atoms with Gasteiger partial charge in [0.2, 0.25) is 0 Å². The van der Waals surface area contributed by atoms with Crippen LogP contribution in [0.3, 0.4) is 0 Å². The van der Waals surface area contributed by atoms with E-state index in [1.807, 2.05) is 0 Å². The molecule has 1 atom stereocenters. The summed E-state index contributed by atoms with van der Waals surface area (Å²) in [7, 11) is 0. The lowest BCUT2D eigenvalue weighted by atomic mass is 9.94. The van der Waals surface area contributed by atoms with Gasteiger partial charge < -0.3 is 5.11 Å². The average molecular weight is 260 g/mol. The van der Waals surface area contributed by atoms with E-state index in [2.05, 4.69) is 59.7 Å². The minimum absolute atomic E-state index is 0.224. The van der Waals surface area contributed by atoms with Gasteiger partial charge in [-0.25, -0.2) is 0 Å². The summed E-state index contributed by atoms with van der Waals surface area (Å²) in [6.07, 6.45) is 1.78. The Morgan fingerprint density at radius 3 is 1.95 bits per heavy atom. The molecular weight excluding hydrogens is 232 g/mol. The fraction of sp³-hybridized carbons (Fsp3) is 0.667. The van der Waals surface area contributed by atoms with Crippen molar-refractivity contribution in [1.82, 2.24) is 0 Å². The molecule has 1 aromatic carbocycles. The molecule has 0 bridgehead atoms. The van der Waals surface area contributed by atoms with Crippen LogP contribution in [-0.2, 0) is 12.8 Å². The second kappa shape index (κ2) is 4.63. The van der Waals surface area contributed by atoms with Crippen LogP contribution in [0, 0.1) is 16.7 Å². The van der Waals surface area contributed by atoms with E-state index in [4.69, 9.17) is 0 Å². The van der Waals surface area contributed by atoms with E-state index in [0.29, 0.717) is 5.92 Å². The minimum Gasteiger partial charge on any atom is -0.388 e. The summed E-state index contributed by atoms with van der Waals surface area (Å²) >= 11 is 0. The normalized spacial score (nSPS) is 22.3. The van der Waals surface area contributed by atoms with Crippen molar-refractivity contribution in [1.29, 1.82) is 0 Å². The molecule has 1 aliphatic carbocycles. The summed E-state index contributed by atoms with van der Waals surface area (Å²) in [6.45, 7) is 13.4. The number of aliphatic hydroxyl groups is 1. The van der Waals surface area contributed by atoms with Crippen LogP contribution in [0.2, 0.25) is 0 Å². The predicted octanol–water partition coefficient (Wildman–Crippen LogP) is 4.53. The van der Waals surface area contributed by atoms with Gasteiger partial charge in [-0.15, -0.1) is 0 Å². The highest BCUT2D eigenvalue weighted by Gasteiger charge is 2.67. The zero-order valence-corrected chi connectivity index (χ0v) is 13.2.